The Bertz CT molecular complexity index is 1020. The average molecular weight is 412 g/mol. The highest BCUT2D eigenvalue weighted by molar-refractivity contribution is 7.15. The predicted molar refractivity (Wildman–Crippen MR) is 115 cm³/mol. The van der Waals surface area contributed by atoms with Crippen molar-refractivity contribution in [3.63, 3.8) is 0 Å². The minimum Gasteiger partial charge on any atom is -0.465 e. The molecule has 2 aromatic carbocycles. The molecular formula is C22H18ClNO3S. The maximum Gasteiger partial charge on any atom is 0.341 e. The van der Waals surface area contributed by atoms with E-state index in [4.69, 9.17) is 16.3 Å². The molecule has 0 unspecified atom stereocenters. The topological polar surface area (TPSA) is 55.4 Å². The van der Waals surface area contributed by atoms with Gasteiger partial charge in [0.05, 0.1) is 7.11 Å². The van der Waals surface area contributed by atoms with Crippen LogP contribution in [0.15, 0.2) is 60.0 Å². The second-order valence-corrected chi connectivity index (χ2v) is 7.40. The molecule has 1 amide bonds. The molecule has 0 radical (unpaired) electrons. The number of rotatable bonds is 5. The second kappa shape index (κ2) is 8.87. The van der Waals surface area contributed by atoms with Crippen LogP contribution in [0.2, 0.25) is 5.02 Å². The van der Waals surface area contributed by atoms with Crippen LogP contribution in [0.3, 0.4) is 0 Å². The number of ether oxygens (including phenoxy) is 1. The fraction of sp³-hybridized carbons (Fsp3) is 0.0909. The summed E-state index contributed by atoms with van der Waals surface area (Å²) in [4.78, 5) is 24.7. The van der Waals surface area contributed by atoms with Crippen molar-refractivity contribution >= 4 is 45.9 Å². The van der Waals surface area contributed by atoms with E-state index in [0.717, 1.165) is 22.3 Å². The average Bonchev–Trinajstić information content (AvgIpc) is 3.11. The Labute approximate surface area is 172 Å². The van der Waals surface area contributed by atoms with Gasteiger partial charge in [0.2, 0.25) is 5.91 Å². The molecule has 0 spiro atoms. The van der Waals surface area contributed by atoms with Crippen LogP contribution in [-0.4, -0.2) is 19.0 Å². The first-order valence-corrected chi connectivity index (χ1v) is 9.75. The van der Waals surface area contributed by atoms with E-state index >= 15 is 0 Å². The zero-order chi connectivity index (χ0) is 20.1. The Morgan fingerprint density at radius 2 is 1.75 bits per heavy atom. The van der Waals surface area contributed by atoms with Gasteiger partial charge in [-0.1, -0.05) is 53.6 Å². The molecule has 142 valence electrons. The number of anilines is 1. The summed E-state index contributed by atoms with van der Waals surface area (Å²) in [6.45, 7) is 2.00. The zero-order valence-electron chi connectivity index (χ0n) is 15.4. The molecule has 1 aromatic heterocycles. The van der Waals surface area contributed by atoms with E-state index in [2.05, 4.69) is 5.32 Å². The summed E-state index contributed by atoms with van der Waals surface area (Å²) in [6.07, 6.45) is 3.09. The maximum atomic E-state index is 12.4. The summed E-state index contributed by atoms with van der Waals surface area (Å²) in [7, 11) is 1.32. The highest BCUT2D eigenvalue weighted by atomic mass is 35.5. The number of halogens is 1. The fourth-order valence-electron chi connectivity index (χ4n) is 2.60. The number of esters is 1. The number of benzene rings is 2. The Kier molecular flexibility index (Phi) is 6.29. The van der Waals surface area contributed by atoms with Gasteiger partial charge in [-0.3, -0.25) is 4.79 Å². The van der Waals surface area contributed by atoms with E-state index in [0.29, 0.717) is 15.6 Å². The lowest BCUT2D eigenvalue weighted by atomic mass is 10.0. The summed E-state index contributed by atoms with van der Waals surface area (Å²) < 4.78 is 4.93. The van der Waals surface area contributed by atoms with Crippen molar-refractivity contribution in [1.82, 2.24) is 0 Å². The van der Waals surface area contributed by atoms with Gasteiger partial charge < -0.3 is 10.1 Å². The molecule has 3 rings (SSSR count). The molecule has 0 saturated heterocycles. The lowest BCUT2D eigenvalue weighted by Crippen LogP contribution is -2.11. The van der Waals surface area contributed by atoms with Crippen molar-refractivity contribution in [1.29, 1.82) is 0 Å². The first kappa shape index (κ1) is 19.9. The van der Waals surface area contributed by atoms with Gasteiger partial charge >= 0.3 is 5.97 Å². The first-order valence-electron chi connectivity index (χ1n) is 8.49. The van der Waals surface area contributed by atoms with Crippen molar-refractivity contribution in [3.8, 4) is 11.1 Å². The number of methoxy groups -OCH3 is 1. The van der Waals surface area contributed by atoms with Gasteiger partial charge in [0.15, 0.2) is 0 Å². The SMILES string of the molecule is COC(=O)c1c(-c2ccc(C)cc2)csc1NC(=O)/C=C/c1ccc(Cl)cc1. The standard InChI is InChI=1S/C22H18ClNO3S/c1-14-3-8-16(9-4-14)18-13-28-21(20(18)22(26)27-2)24-19(25)12-7-15-5-10-17(23)11-6-15/h3-13H,1-2H3,(H,24,25)/b12-7+. The largest absolute Gasteiger partial charge is 0.465 e. The number of amides is 1. The van der Waals surface area contributed by atoms with Gasteiger partial charge in [-0.15, -0.1) is 11.3 Å². The number of thiophene rings is 1. The molecule has 3 aromatic rings. The van der Waals surface area contributed by atoms with Crippen LogP contribution in [0.1, 0.15) is 21.5 Å². The van der Waals surface area contributed by atoms with Crippen LogP contribution in [0.25, 0.3) is 17.2 Å². The van der Waals surface area contributed by atoms with Gasteiger partial charge in [0.25, 0.3) is 0 Å². The van der Waals surface area contributed by atoms with Crippen LogP contribution < -0.4 is 5.32 Å². The number of hydrogen-bond donors (Lipinski definition) is 1. The highest BCUT2D eigenvalue weighted by Gasteiger charge is 2.21. The van der Waals surface area contributed by atoms with E-state index in [1.807, 2.05) is 48.7 Å². The maximum absolute atomic E-state index is 12.4. The van der Waals surface area contributed by atoms with E-state index in [9.17, 15) is 9.59 Å². The van der Waals surface area contributed by atoms with Gasteiger partial charge in [-0.25, -0.2) is 4.79 Å². The molecule has 0 aliphatic rings. The smallest absolute Gasteiger partial charge is 0.341 e. The molecule has 1 heterocycles. The Morgan fingerprint density at radius 3 is 2.39 bits per heavy atom. The summed E-state index contributed by atoms with van der Waals surface area (Å²) in [6, 6.07) is 15.0. The van der Waals surface area contributed by atoms with Gasteiger partial charge in [-0.05, 0) is 36.3 Å². The van der Waals surface area contributed by atoms with Crippen molar-refractivity contribution < 1.29 is 14.3 Å². The van der Waals surface area contributed by atoms with Crippen LogP contribution >= 0.6 is 22.9 Å². The van der Waals surface area contributed by atoms with E-state index < -0.39 is 5.97 Å². The van der Waals surface area contributed by atoms with Crippen LogP contribution in [0, 0.1) is 6.92 Å². The molecule has 28 heavy (non-hydrogen) atoms. The van der Waals surface area contributed by atoms with E-state index in [1.165, 1.54) is 24.5 Å². The summed E-state index contributed by atoms with van der Waals surface area (Å²) in [5, 5.41) is 5.70. The predicted octanol–water partition coefficient (Wildman–Crippen LogP) is 5.82. The molecule has 6 heteroatoms. The first-order chi connectivity index (χ1) is 13.5. The monoisotopic (exact) mass is 411 g/mol. The number of carbonyl (C=O) groups excluding carboxylic acids is 2. The van der Waals surface area contributed by atoms with Crippen molar-refractivity contribution in [2.75, 3.05) is 12.4 Å². The quantitative estimate of drug-likeness (QED) is 0.425. The third kappa shape index (κ3) is 4.68. The fourth-order valence-corrected chi connectivity index (χ4v) is 3.69. The number of nitrogens with one attached hydrogen (secondary N) is 1. The summed E-state index contributed by atoms with van der Waals surface area (Å²) in [5.74, 6) is -0.828. The van der Waals surface area contributed by atoms with Gasteiger partial charge in [-0.2, -0.15) is 0 Å². The normalized spacial score (nSPS) is 10.8. The number of carbonyl (C=O) groups is 2. The highest BCUT2D eigenvalue weighted by Crippen LogP contribution is 2.36. The van der Waals surface area contributed by atoms with Crippen molar-refractivity contribution in [3.05, 3.63) is 81.7 Å². The van der Waals surface area contributed by atoms with E-state index in [1.54, 1.807) is 18.2 Å². The second-order valence-electron chi connectivity index (χ2n) is 6.09. The molecule has 4 nitrogen and oxygen atoms in total. The molecule has 0 saturated carbocycles. The third-order valence-corrected chi connectivity index (χ3v) is 5.22. The molecule has 0 aliphatic carbocycles. The van der Waals surface area contributed by atoms with Crippen LogP contribution in [0.5, 0.6) is 0 Å². The minimum absolute atomic E-state index is 0.336. The van der Waals surface area contributed by atoms with Gasteiger partial charge in [0, 0.05) is 22.0 Å². The van der Waals surface area contributed by atoms with E-state index in [-0.39, 0.29) is 5.91 Å². The van der Waals surface area contributed by atoms with Crippen molar-refractivity contribution in [2.24, 2.45) is 0 Å². The molecule has 0 aliphatic heterocycles. The number of hydrogen-bond acceptors (Lipinski definition) is 4. The molecule has 0 bridgehead atoms. The number of aryl methyl sites for hydroxylation is 1. The molecule has 0 atom stereocenters. The third-order valence-electron chi connectivity index (χ3n) is 4.08. The van der Waals surface area contributed by atoms with Crippen molar-refractivity contribution in [2.45, 2.75) is 6.92 Å². The van der Waals surface area contributed by atoms with Crippen LogP contribution in [0.4, 0.5) is 5.00 Å². The summed E-state index contributed by atoms with van der Waals surface area (Å²) >= 11 is 7.14. The lowest BCUT2D eigenvalue weighted by molar-refractivity contribution is -0.111. The Balaban J connectivity index is 1.85. The van der Waals surface area contributed by atoms with Crippen LogP contribution in [-0.2, 0) is 9.53 Å². The molecular weight excluding hydrogens is 394 g/mol. The summed E-state index contributed by atoms with van der Waals surface area (Å²) in [5.41, 5.74) is 3.94. The Morgan fingerprint density at radius 1 is 1.07 bits per heavy atom. The van der Waals surface area contributed by atoms with Gasteiger partial charge in [0.1, 0.15) is 10.6 Å². The minimum atomic E-state index is -0.492. The zero-order valence-corrected chi connectivity index (χ0v) is 16.9. The Hall–Kier alpha value is -2.89. The molecule has 0 fully saturated rings. The molecule has 1 N–H and O–H groups in total. The lowest BCUT2D eigenvalue weighted by Gasteiger charge is -2.07.